The monoisotopic (exact) mass is 234 g/mol. The lowest BCUT2D eigenvalue weighted by Crippen LogP contribution is -2.50. The molecule has 0 aromatic heterocycles. The number of rotatable bonds is 4. The molecule has 1 aromatic rings. The fourth-order valence-electron chi connectivity index (χ4n) is 2.50. The van der Waals surface area contributed by atoms with Gasteiger partial charge in [-0.15, -0.1) is 0 Å². The second-order valence-corrected chi connectivity index (χ2v) is 6.75. The Labute approximate surface area is 100 Å². The van der Waals surface area contributed by atoms with Crippen LogP contribution in [0.2, 0.25) is 0 Å². The number of hydrogen-bond acceptors (Lipinski definition) is 2. The lowest BCUT2D eigenvalue weighted by Gasteiger charge is -2.25. The normalized spacial score (nSPS) is 19.6. The Balaban J connectivity index is 1.77. The first-order valence-corrected chi connectivity index (χ1v) is 8.46. The summed E-state index contributed by atoms with van der Waals surface area (Å²) in [7, 11) is -1.25. The maximum atomic E-state index is 6.26. The van der Waals surface area contributed by atoms with Gasteiger partial charge in [0.25, 0.3) is 0 Å². The molecule has 1 atom stereocenters. The zero-order valence-electron chi connectivity index (χ0n) is 9.86. The minimum Gasteiger partial charge on any atom is -0.341 e. The van der Waals surface area contributed by atoms with Gasteiger partial charge in [0.2, 0.25) is 0 Å². The minimum absolute atomic E-state index is 0.708. The van der Waals surface area contributed by atoms with Crippen molar-refractivity contribution in [2.45, 2.75) is 44.2 Å². The van der Waals surface area contributed by atoms with Crippen LogP contribution in [0, 0.1) is 0 Å². The number of nitrogens with one attached hydrogen (secondary N) is 1. The third kappa shape index (κ3) is 3.74. The Hall–Kier alpha value is -0.643. The van der Waals surface area contributed by atoms with Crippen LogP contribution in [0.5, 0.6) is 0 Å². The molecule has 2 rings (SSSR count). The molecule has 0 heterocycles. The van der Waals surface area contributed by atoms with Crippen LogP contribution in [0.15, 0.2) is 30.3 Å². The molecule has 0 radical (unpaired) electrons. The van der Waals surface area contributed by atoms with Crippen molar-refractivity contribution in [1.82, 2.24) is 4.98 Å². The molecule has 1 aromatic carbocycles. The molecule has 0 bridgehead atoms. The Morgan fingerprint density at radius 1 is 1.12 bits per heavy atom. The molecule has 0 amide bonds. The zero-order chi connectivity index (χ0) is 11.2. The SMILES string of the molecule is N[SiH](Cc1ccccc1)NC1CCCCC1. The van der Waals surface area contributed by atoms with E-state index in [-0.39, 0.29) is 0 Å². The summed E-state index contributed by atoms with van der Waals surface area (Å²) in [4.78, 5) is 3.68. The Morgan fingerprint density at radius 2 is 1.81 bits per heavy atom. The average Bonchev–Trinajstić information content (AvgIpc) is 2.31. The molecule has 1 aliphatic carbocycles. The summed E-state index contributed by atoms with van der Waals surface area (Å²) in [5.74, 6) is 0. The molecule has 1 fully saturated rings. The molecule has 1 aliphatic rings. The van der Waals surface area contributed by atoms with E-state index in [1.54, 1.807) is 0 Å². The third-order valence-electron chi connectivity index (χ3n) is 3.35. The van der Waals surface area contributed by atoms with Crippen LogP contribution in [0.3, 0.4) is 0 Å². The van der Waals surface area contributed by atoms with E-state index in [1.165, 1.54) is 37.7 Å². The van der Waals surface area contributed by atoms with Crippen LogP contribution in [-0.4, -0.2) is 15.2 Å². The average molecular weight is 234 g/mol. The Morgan fingerprint density at radius 3 is 2.50 bits per heavy atom. The van der Waals surface area contributed by atoms with Gasteiger partial charge in [0.1, 0.15) is 0 Å². The van der Waals surface area contributed by atoms with Crippen molar-refractivity contribution in [3.05, 3.63) is 35.9 Å². The van der Waals surface area contributed by atoms with Crippen molar-refractivity contribution in [2.75, 3.05) is 0 Å². The van der Waals surface area contributed by atoms with Gasteiger partial charge in [0.05, 0.1) is 0 Å². The number of hydrogen-bond donors (Lipinski definition) is 2. The highest BCUT2D eigenvalue weighted by molar-refractivity contribution is 6.51. The van der Waals surface area contributed by atoms with Crippen LogP contribution in [0.4, 0.5) is 0 Å². The Bertz CT molecular complexity index is 296. The first kappa shape index (κ1) is 11.8. The van der Waals surface area contributed by atoms with Gasteiger partial charge in [0, 0.05) is 6.04 Å². The van der Waals surface area contributed by atoms with Gasteiger partial charge in [0.15, 0.2) is 9.12 Å². The lowest BCUT2D eigenvalue weighted by molar-refractivity contribution is 0.415. The van der Waals surface area contributed by atoms with Gasteiger partial charge in [-0.05, 0) is 24.4 Å². The first-order chi connectivity index (χ1) is 7.84. The van der Waals surface area contributed by atoms with E-state index >= 15 is 0 Å². The molecule has 3 N–H and O–H groups in total. The molecule has 3 heteroatoms. The summed E-state index contributed by atoms with van der Waals surface area (Å²) in [6.45, 7) is 0. The second-order valence-electron chi connectivity index (χ2n) is 4.80. The predicted molar refractivity (Wildman–Crippen MR) is 71.5 cm³/mol. The van der Waals surface area contributed by atoms with Crippen molar-refractivity contribution in [3.63, 3.8) is 0 Å². The van der Waals surface area contributed by atoms with E-state index in [9.17, 15) is 0 Å². The lowest BCUT2D eigenvalue weighted by atomic mass is 9.96. The quantitative estimate of drug-likeness (QED) is 0.781. The highest BCUT2D eigenvalue weighted by Crippen LogP contribution is 2.17. The third-order valence-corrected chi connectivity index (χ3v) is 5.16. The van der Waals surface area contributed by atoms with Crippen molar-refractivity contribution in [2.24, 2.45) is 5.40 Å². The van der Waals surface area contributed by atoms with Gasteiger partial charge >= 0.3 is 0 Å². The van der Waals surface area contributed by atoms with Gasteiger partial charge in [-0.3, -0.25) is 0 Å². The summed E-state index contributed by atoms with van der Waals surface area (Å²) in [5.41, 5.74) is 1.38. The zero-order valence-corrected chi connectivity index (χ0v) is 11.0. The first-order valence-electron chi connectivity index (χ1n) is 6.40. The molecule has 88 valence electrons. The summed E-state index contributed by atoms with van der Waals surface area (Å²) >= 11 is 0. The van der Waals surface area contributed by atoms with E-state index in [0.717, 1.165) is 6.04 Å². The number of benzene rings is 1. The maximum absolute atomic E-state index is 6.26. The van der Waals surface area contributed by atoms with E-state index in [0.29, 0.717) is 6.04 Å². The minimum atomic E-state index is -1.25. The van der Waals surface area contributed by atoms with Crippen LogP contribution in [0.25, 0.3) is 0 Å². The van der Waals surface area contributed by atoms with Crippen LogP contribution in [-0.2, 0) is 6.04 Å². The van der Waals surface area contributed by atoms with E-state index in [4.69, 9.17) is 5.40 Å². The molecule has 0 saturated heterocycles. The summed E-state index contributed by atoms with van der Waals surface area (Å²) in [6.07, 6.45) is 6.83. The summed E-state index contributed by atoms with van der Waals surface area (Å²) in [5, 5.41) is 6.26. The van der Waals surface area contributed by atoms with Crippen molar-refractivity contribution >= 4 is 9.12 Å². The van der Waals surface area contributed by atoms with Crippen molar-refractivity contribution < 1.29 is 0 Å². The topological polar surface area (TPSA) is 38.0 Å². The Kier molecular flexibility index (Phi) is 4.57. The van der Waals surface area contributed by atoms with E-state index in [1.807, 2.05) is 0 Å². The molecule has 2 nitrogen and oxygen atoms in total. The fourth-order valence-corrected chi connectivity index (χ4v) is 4.34. The largest absolute Gasteiger partial charge is 0.341 e. The van der Waals surface area contributed by atoms with Crippen molar-refractivity contribution in [3.8, 4) is 0 Å². The summed E-state index contributed by atoms with van der Waals surface area (Å²) < 4.78 is 0. The van der Waals surface area contributed by atoms with Gasteiger partial charge in [-0.25, -0.2) is 0 Å². The predicted octanol–water partition coefficient (Wildman–Crippen LogP) is 1.87. The highest BCUT2D eigenvalue weighted by Gasteiger charge is 2.16. The standard InChI is InChI=1S/C13H22N2Si/c14-16(11-12-7-3-1-4-8-12)15-13-9-5-2-6-10-13/h1,3-4,7-8,13,15-16H,2,5-6,9-11,14H2. The molecular formula is C13H22N2Si. The second kappa shape index (κ2) is 6.18. The summed E-state index contributed by atoms with van der Waals surface area (Å²) in [6, 6.07) is 12.4. The molecule has 1 saturated carbocycles. The van der Waals surface area contributed by atoms with Crippen molar-refractivity contribution in [1.29, 1.82) is 0 Å². The van der Waals surface area contributed by atoms with Crippen LogP contribution in [0.1, 0.15) is 37.7 Å². The van der Waals surface area contributed by atoms with E-state index < -0.39 is 9.12 Å². The van der Waals surface area contributed by atoms with Crippen LogP contribution >= 0.6 is 0 Å². The fraction of sp³-hybridized carbons (Fsp3) is 0.538. The molecule has 0 aliphatic heterocycles. The smallest absolute Gasteiger partial charge is 0.186 e. The van der Waals surface area contributed by atoms with Crippen LogP contribution < -0.4 is 10.4 Å². The molecule has 1 unspecified atom stereocenters. The molecule has 16 heavy (non-hydrogen) atoms. The number of nitrogens with two attached hydrogens (primary N) is 1. The highest BCUT2D eigenvalue weighted by atomic mass is 28.3. The van der Waals surface area contributed by atoms with Gasteiger partial charge < -0.3 is 10.4 Å². The molecule has 0 spiro atoms. The maximum Gasteiger partial charge on any atom is 0.186 e. The van der Waals surface area contributed by atoms with Gasteiger partial charge in [-0.2, -0.15) is 0 Å². The van der Waals surface area contributed by atoms with E-state index in [2.05, 4.69) is 35.3 Å². The van der Waals surface area contributed by atoms with Gasteiger partial charge in [-0.1, -0.05) is 49.6 Å². The molecular weight excluding hydrogens is 212 g/mol.